The summed E-state index contributed by atoms with van der Waals surface area (Å²) in [6.45, 7) is 2.03. The molecule has 0 aliphatic rings. The Morgan fingerprint density at radius 1 is 1.30 bits per heavy atom. The van der Waals surface area contributed by atoms with Crippen LogP contribution in [0.3, 0.4) is 0 Å². The van der Waals surface area contributed by atoms with Gasteiger partial charge in [-0.05, 0) is 36.1 Å². The van der Waals surface area contributed by atoms with Gasteiger partial charge in [-0.25, -0.2) is 4.39 Å². The molecule has 1 atom stereocenters. The van der Waals surface area contributed by atoms with Crippen molar-refractivity contribution in [2.45, 2.75) is 32.4 Å². The van der Waals surface area contributed by atoms with Gasteiger partial charge in [0, 0.05) is 12.5 Å². The minimum Gasteiger partial charge on any atom is -0.486 e. The minimum absolute atomic E-state index is 0.0475. The highest BCUT2D eigenvalue weighted by molar-refractivity contribution is 5.66. The van der Waals surface area contributed by atoms with Crippen LogP contribution in [0.2, 0.25) is 0 Å². The maximum atomic E-state index is 14.3. The number of ether oxygens (including phenoxy) is 1. The summed E-state index contributed by atoms with van der Waals surface area (Å²) in [4.78, 5) is 10.6. The second kappa shape index (κ2) is 7.74. The first-order valence-corrected chi connectivity index (χ1v) is 7.41. The van der Waals surface area contributed by atoms with Crippen molar-refractivity contribution in [1.82, 2.24) is 0 Å². The Kier molecular flexibility index (Phi) is 5.71. The van der Waals surface area contributed by atoms with E-state index in [1.807, 2.05) is 30.3 Å². The van der Waals surface area contributed by atoms with Gasteiger partial charge in [-0.1, -0.05) is 36.4 Å². The minimum atomic E-state index is -0.916. The predicted molar refractivity (Wildman–Crippen MR) is 85.7 cm³/mol. The first-order valence-electron chi connectivity index (χ1n) is 7.41. The molecule has 4 nitrogen and oxygen atoms in total. The molecule has 5 heteroatoms. The molecule has 2 aromatic rings. The number of nitrogens with two attached hydrogens (primary N) is 1. The van der Waals surface area contributed by atoms with Gasteiger partial charge in [-0.3, -0.25) is 4.79 Å². The summed E-state index contributed by atoms with van der Waals surface area (Å²) in [6, 6.07) is 12.1. The van der Waals surface area contributed by atoms with E-state index in [-0.39, 0.29) is 25.2 Å². The fraction of sp³-hybridized carbons (Fsp3) is 0.278. The maximum Gasteiger partial charge on any atom is 0.303 e. The summed E-state index contributed by atoms with van der Waals surface area (Å²) < 4.78 is 19.9. The summed E-state index contributed by atoms with van der Waals surface area (Å²) in [7, 11) is 0. The van der Waals surface area contributed by atoms with E-state index in [1.54, 1.807) is 13.0 Å². The van der Waals surface area contributed by atoms with E-state index < -0.39 is 17.8 Å². The van der Waals surface area contributed by atoms with Gasteiger partial charge in [-0.2, -0.15) is 0 Å². The number of aryl methyl sites for hydroxylation is 1. The van der Waals surface area contributed by atoms with Crippen molar-refractivity contribution < 1.29 is 19.0 Å². The van der Waals surface area contributed by atoms with Crippen LogP contribution in [0, 0.1) is 12.7 Å². The third kappa shape index (κ3) is 4.79. The summed E-state index contributed by atoms with van der Waals surface area (Å²) in [5.74, 6) is -1.20. The van der Waals surface area contributed by atoms with E-state index >= 15 is 0 Å². The maximum absolute atomic E-state index is 14.3. The van der Waals surface area contributed by atoms with E-state index in [0.717, 1.165) is 5.56 Å². The number of carboxylic acid groups (broad SMARTS) is 1. The van der Waals surface area contributed by atoms with Crippen LogP contribution in [0.5, 0.6) is 5.75 Å². The normalized spacial score (nSPS) is 12.0. The number of halogens is 1. The molecular weight excluding hydrogens is 297 g/mol. The third-order valence-corrected chi connectivity index (χ3v) is 3.57. The molecule has 0 radical (unpaired) electrons. The first-order chi connectivity index (χ1) is 11.0. The number of hydrogen-bond acceptors (Lipinski definition) is 3. The molecule has 1 unspecified atom stereocenters. The molecule has 0 heterocycles. The van der Waals surface area contributed by atoms with Crippen LogP contribution in [0.15, 0.2) is 42.5 Å². The zero-order chi connectivity index (χ0) is 16.8. The second-order valence-electron chi connectivity index (χ2n) is 5.46. The fourth-order valence-electron chi connectivity index (χ4n) is 2.33. The van der Waals surface area contributed by atoms with Gasteiger partial charge < -0.3 is 15.6 Å². The average Bonchev–Trinajstić information content (AvgIpc) is 2.52. The van der Waals surface area contributed by atoms with E-state index in [1.165, 1.54) is 6.07 Å². The van der Waals surface area contributed by atoms with Crippen LogP contribution in [-0.2, 0) is 11.4 Å². The summed E-state index contributed by atoms with van der Waals surface area (Å²) in [6.07, 6.45) is 0.215. The molecular formula is C18H20FNO3. The number of carboxylic acids is 1. The van der Waals surface area contributed by atoms with Crippen LogP contribution in [-0.4, -0.2) is 11.1 Å². The Bertz CT molecular complexity index is 650. The molecule has 0 aliphatic carbocycles. The third-order valence-electron chi connectivity index (χ3n) is 3.57. The van der Waals surface area contributed by atoms with Crippen molar-refractivity contribution in [3.05, 3.63) is 65.0 Å². The number of benzene rings is 2. The summed E-state index contributed by atoms with van der Waals surface area (Å²) >= 11 is 0. The quantitative estimate of drug-likeness (QED) is 0.818. The Morgan fingerprint density at radius 2 is 2.00 bits per heavy atom. The Hall–Kier alpha value is -2.40. The predicted octanol–water partition coefficient (Wildman–Crippen LogP) is 3.58. The van der Waals surface area contributed by atoms with Gasteiger partial charge >= 0.3 is 5.97 Å². The SMILES string of the molecule is Cc1cc(C(N)CCC(=O)O)cc(F)c1OCc1ccccc1. The molecule has 3 N–H and O–H groups in total. The molecule has 0 saturated carbocycles. The lowest BCUT2D eigenvalue weighted by Crippen LogP contribution is -2.13. The van der Waals surface area contributed by atoms with Gasteiger partial charge in [0.1, 0.15) is 6.61 Å². The van der Waals surface area contributed by atoms with Gasteiger partial charge in [0.05, 0.1) is 0 Å². The molecule has 0 saturated heterocycles. The van der Waals surface area contributed by atoms with E-state index in [4.69, 9.17) is 15.6 Å². The standard InChI is InChI=1S/C18H20FNO3/c1-12-9-14(16(20)7-8-17(21)22)10-15(19)18(12)23-11-13-5-3-2-4-6-13/h2-6,9-10,16H,7-8,11,20H2,1H3,(H,21,22). The van der Waals surface area contributed by atoms with Gasteiger partial charge in [-0.15, -0.1) is 0 Å². The number of hydrogen-bond donors (Lipinski definition) is 2. The topological polar surface area (TPSA) is 72.6 Å². The smallest absolute Gasteiger partial charge is 0.303 e. The molecule has 0 aromatic heterocycles. The Labute approximate surface area is 134 Å². The zero-order valence-electron chi connectivity index (χ0n) is 13.0. The van der Waals surface area contributed by atoms with Gasteiger partial charge in [0.25, 0.3) is 0 Å². The molecule has 0 spiro atoms. The highest BCUT2D eigenvalue weighted by atomic mass is 19.1. The van der Waals surface area contributed by atoms with E-state index in [0.29, 0.717) is 11.1 Å². The van der Waals surface area contributed by atoms with Crippen molar-refractivity contribution in [3.63, 3.8) is 0 Å². The van der Waals surface area contributed by atoms with Crippen molar-refractivity contribution in [1.29, 1.82) is 0 Å². The highest BCUT2D eigenvalue weighted by Gasteiger charge is 2.15. The van der Waals surface area contributed by atoms with E-state index in [9.17, 15) is 9.18 Å². The molecule has 0 fully saturated rings. The molecule has 2 aromatic carbocycles. The monoisotopic (exact) mass is 317 g/mol. The van der Waals surface area contributed by atoms with Crippen LogP contribution in [0.4, 0.5) is 4.39 Å². The molecule has 23 heavy (non-hydrogen) atoms. The Balaban J connectivity index is 2.09. The average molecular weight is 317 g/mol. The van der Waals surface area contributed by atoms with Gasteiger partial charge in [0.2, 0.25) is 0 Å². The molecule has 122 valence electrons. The van der Waals surface area contributed by atoms with Crippen molar-refractivity contribution in [3.8, 4) is 5.75 Å². The number of aliphatic carboxylic acids is 1. The largest absolute Gasteiger partial charge is 0.486 e. The molecule has 2 rings (SSSR count). The van der Waals surface area contributed by atoms with Crippen molar-refractivity contribution in [2.75, 3.05) is 0 Å². The highest BCUT2D eigenvalue weighted by Crippen LogP contribution is 2.28. The van der Waals surface area contributed by atoms with Crippen LogP contribution < -0.4 is 10.5 Å². The van der Waals surface area contributed by atoms with Crippen LogP contribution >= 0.6 is 0 Å². The summed E-state index contributed by atoms with van der Waals surface area (Å²) in [5, 5.41) is 8.69. The second-order valence-corrected chi connectivity index (χ2v) is 5.46. The lowest BCUT2D eigenvalue weighted by molar-refractivity contribution is -0.137. The lowest BCUT2D eigenvalue weighted by atomic mass is 10.00. The molecule has 0 bridgehead atoms. The molecule has 0 aliphatic heterocycles. The zero-order valence-corrected chi connectivity index (χ0v) is 13.0. The number of rotatable bonds is 7. The van der Waals surface area contributed by atoms with E-state index in [2.05, 4.69) is 0 Å². The van der Waals surface area contributed by atoms with Gasteiger partial charge in [0.15, 0.2) is 11.6 Å². The lowest BCUT2D eigenvalue weighted by Gasteiger charge is -2.15. The first kappa shape index (κ1) is 17.0. The number of carbonyl (C=O) groups is 1. The Morgan fingerprint density at radius 3 is 2.61 bits per heavy atom. The van der Waals surface area contributed by atoms with Crippen molar-refractivity contribution in [2.24, 2.45) is 5.73 Å². The van der Waals surface area contributed by atoms with Crippen molar-refractivity contribution >= 4 is 5.97 Å². The van der Waals surface area contributed by atoms with Crippen LogP contribution in [0.1, 0.15) is 35.6 Å². The summed E-state index contributed by atoms with van der Waals surface area (Å²) in [5.41, 5.74) is 8.10. The fourth-order valence-corrected chi connectivity index (χ4v) is 2.33. The van der Waals surface area contributed by atoms with Crippen LogP contribution in [0.25, 0.3) is 0 Å². The molecule has 0 amide bonds.